The van der Waals surface area contributed by atoms with Gasteiger partial charge in [0.15, 0.2) is 0 Å². The fraction of sp³-hybridized carbons (Fsp3) is 0.588. The average Bonchev–Trinajstić information content (AvgIpc) is 3.25. The van der Waals surface area contributed by atoms with E-state index in [1.54, 1.807) is 6.07 Å². The molecule has 2 N–H and O–H groups in total. The summed E-state index contributed by atoms with van der Waals surface area (Å²) in [5.74, 6) is 0.668. The van der Waals surface area contributed by atoms with Gasteiger partial charge in [-0.25, -0.2) is 4.39 Å². The molecule has 6 heteroatoms. The minimum Gasteiger partial charge on any atom is -0.387 e. The van der Waals surface area contributed by atoms with Crippen molar-refractivity contribution in [2.75, 3.05) is 19.7 Å². The molecule has 3 rings (SSSR count). The minimum atomic E-state index is -0.453. The number of halogens is 2. The summed E-state index contributed by atoms with van der Waals surface area (Å²) in [6.07, 6.45) is 2.47. The number of rotatable bonds is 5. The number of amides is 1. The zero-order valence-electron chi connectivity index (χ0n) is 13.3. The molecule has 1 aliphatic heterocycles. The zero-order chi connectivity index (χ0) is 15.7. The molecule has 0 aromatic heterocycles. The Balaban J connectivity index is 0.00000192. The summed E-state index contributed by atoms with van der Waals surface area (Å²) in [6.45, 7) is 4.01. The number of nitrogens with zero attached hydrogens (tertiary/aromatic N) is 1. The molecule has 2 fully saturated rings. The molecule has 1 aromatic rings. The van der Waals surface area contributed by atoms with Crippen LogP contribution in [0.3, 0.4) is 0 Å². The Labute approximate surface area is 142 Å². The summed E-state index contributed by atoms with van der Waals surface area (Å²) in [5, 5.41) is 11.9. The summed E-state index contributed by atoms with van der Waals surface area (Å²) in [6, 6.07) is 5.03. The molecule has 128 valence electrons. The lowest BCUT2D eigenvalue weighted by Crippen LogP contribution is -2.42. The fourth-order valence-corrected chi connectivity index (χ4v) is 3.53. The molecule has 2 aliphatic rings. The largest absolute Gasteiger partial charge is 0.387 e. The highest BCUT2D eigenvalue weighted by molar-refractivity contribution is 5.85. The number of carbonyl (C=O) groups excluding carboxylic acids is 1. The zero-order valence-corrected chi connectivity index (χ0v) is 14.1. The molecule has 1 aliphatic carbocycles. The van der Waals surface area contributed by atoms with Crippen molar-refractivity contribution in [1.29, 1.82) is 0 Å². The molecule has 0 bridgehead atoms. The SMILES string of the molecule is Cc1cc(F)ccc1CN1C[C@H](NC(=O)CO)[C@@H](C2CC2)C1.Cl. The molecule has 1 saturated carbocycles. The molecule has 1 aromatic carbocycles. The van der Waals surface area contributed by atoms with Crippen molar-refractivity contribution in [2.45, 2.75) is 32.4 Å². The minimum absolute atomic E-state index is 0. The first-order valence-corrected chi connectivity index (χ1v) is 7.94. The monoisotopic (exact) mass is 342 g/mol. The van der Waals surface area contributed by atoms with Crippen molar-refractivity contribution < 1.29 is 14.3 Å². The van der Waals surface area contributed by atoms with E-state index >= 15 is 0 Å². The van der Waals surface area contributed by atoms with Crippen molar-refractivity contribution in [3.63, 3.8) is 0 Å². The molecule has 1 saturated heterocycles. The first kappa shape index (κ1) is 18.2. The molecular weight excluding hydrogens is 319 g/mol. The predicted octanol–water partition coefficient (Wildman–Crippen LogP) is 1.87. The topological polar surface area (TPSA) is 52.6 Å². The van der Waals surface area contributed by atoms with E-state index in [4.69, 9.17) is 5.11 Å². The number of aliphatic hydroxyl groups excluding tert-OH is 1. The fourth-order valence-electron chi connectivity index (χ4n) is 3.53. The molecule has 23 heavy (non-hydrogen) atoms. The van der Waals surface area contributed by atoms with E-state index in [1.165, 1.54) is 18.9 Å². The Bertz CT molecular complexity index is 566. The Morgan fingerprint density at radius 3 is 2.74 bits per heavy atom. The highest BCUT2D eigenvalue weighted by Crippen LogP contribution is 2.41. The van der Waals surface area contributed by atoms with Crippen LogP contribution in [-0.2, 0) is 11.3 Å². The van der Waals surface area contributed by atoms with Gasteiger partial charge in [-0.05, 0) is 54.9 Å². The van der Waals surface area contributed by atoms with Gasteiger partial charge in [0, 0.05) is 25.7 Å². The van der Waals surface area contributed by atoms with E-state index in [-0.39, 0.29) is 30.2 Å². The number of aryl methyl sites for hydroxylation is 1. The van der Waals surface area contributed by atoms with Gasteiger partial charge in [-0.1, -0.05) is 6.07 Å². The number of likely N-dealkylation sites (tertiary alicyclic amines) is 1. The van der Waals surface area contributed by atoms with E-state index in [0.717, 1.165) is 30.8 Å². The van der Waals surface area contributed by atoms with E-state index in [1.807, 2.05) is 13.0 Å². The van der Waals surface area contributed by atoms with Crippen LogP contribution in [0, 0.1) is 24.6 Å². The second kappa shape index (κ2) is 7.60. The van der Waals surface area contributed by atoms with Crippen LogP contribution in [0.1, 0.15) is 24.0 Å². The van der Waals surface area contributed by atoms with E-state index in [9.17, 15) is 9.18 Å². The highest BCUT2D eigenvalue weighted by Gasteiger charge is 2.42. The highest BCUT2D eigenvalue weighted by atomic mass is 35.5. The smallest absolute Gasteiger partial charge is 0.245 e. The summed E-state index contributed by atoms with van der Waals surface area (Å²) in [7, 11) is 0. The lowest BCUT2D eigenvalue weighted by Gasteiger charge is -2.18. The number of hydrogen-bond acceptors (Lipinski definition) is 3. The van der Waals surface area contributed by atoms with Gasteiger partial charge in [0.2, 0.25) is 5.91 Å². The summed E-state index contributed by atoms with van der Waals surface area (Å²) >= 11 is 0. The number of hydrogen-bond donors (Lipinski definition) is 2. The van der Waals surface area contributed by atoms with Crippen LogP contribution < -0.4 is 5.32 Å². The van der Waals surface area contributed by atoms with Crippen molar-refractivity contribution in [3.05, 3.63) is 35.1 Å². The second-order valence-electron chi connectivity index (χ2n) is 6.60. The standard InChI is InChI=1S/C17H23FN2O2.ClH/c1-11-6-14(18)5-4-13(11)7-20-8-15(12-2-3-12)16(9-20)19-17(22)10-21;/h4-6,12,15-16,21H,2-3,7-10H2,1H3,(H,19,22);1H/t15-,16+;/m1./s1. The first-order valence-electron chi connectivity index (χ1n) is 7.94. The lowest BCUT2D eigenvalue weighted by atomic mass is 9.98. The summed E-state index contributed by atoms with van der Waals surface area (Å²) in [4.78, 5) is 13.8. The number of carbonyl (C=O) groups is 1. The molecule has 1 amide bonds. The van der Waals surface area contributed by atoms with Gasteiger partial charge < -0.3 is 10.4 Å². The quantitative estimate of drug-likeness (QED) is 0.859. The lowest BCUT2D eigenvalue weighted by molar-refractivity contribution is -0.124. The van der Waals surface area contributed by atoms with Crippen LogP contribution in [0.25, 0.3) is 0 Å². The van der Waals surface area contributed by atoms with E-state index in [2.05, 4.69) is 10.2 Å². The average molecular weight is 343 g/mol. The molecule has 0 spiro atoms. The molecule has 0 unspecified atom stereocenters. The van der Waals surface area contributed by atoms with E-state index in [0.29, 0.717) is 11.8 Å². The van der Waals surface area contributed by atoms with Crippen LogP contribution in [0.2, 0.25) is 0 Å². The summed E-state index contributed by atoms with van der Waals surface area (Å²) < 4.78 is 13.2. The van der Waals surface area contributed by atoms with Crippen LogP contribution in [0.15, 0.2) is 18.2 Å². The van der Waals surface area contributed by atoms with Gasteiger partial charge in [0.25, 0.3) is 0 Å². The van der Waals surface area contributed by atoms with Crippen molar-refractivity contribution in [3.8, 4) is 0 Å². The van der Waals surface area contributed by atoms with Gasteiger partial charge >= 0.3 is 0 Å². The molecule has 0 radical (unpaired) electrons. The maximum Gasteiger partial charge on any atom is 0.245 e. The normalized spacial score (nSPS) is 24.3. The van der Waals surface area contributed by atoms with Gasteiger partial charge in [0.1, 0.15) is 12.4 Å². The van der Waals surface area contributed by atoms with Crippen molar-refractivity contribution >= 4 is 18.3 Å². The van der Waals surface area contributed by atoms with Gasteiger partial charge in [-0.15, -0.1) is 12.4 Å². The number of aliphatic hydroxyl groups is 1. The maximum atomic E-state index is 13.2. The molecular formula is C17H24ClFN2O2. The van der Waals surface area contributed by atoms with Crippen molar-refractivity contribution in [2.24, 2.45) is 11.8 Å². The number of nitrogens with one attached hydrogen (secondary N) is 1. The van der Waals surface area contributed by atoms with Gasteiger partial charge in [0.05, 0.1) is 0 Å². The third-order valence-corrected chi connectivity index (χ3v) is 4.86. The Kier molecular flexibility index (Phi) is 6.00. The van der Waals surface area contributed by atoms with Crippen LogP contribution in [0.4, 0.5) is 4.39 Å². The van der Waals surface area contributed by atoms with Crippen LogP contribution in [-0.4, -0.2) is 41.7 Å². The maximum absolute atomic E-state index is 13.2. The Morgan fingerprint density at radius 2 is 2.13 bits per heavy atom. The van der Waals surface area contributed by atoms with Crippen LogP contribution in [0.5, 0.6) is 0 Å². The van der Waals surface area contributed by atoms with Gasteiger partial charge in [-0.2, -0.15) is 0 Å². The summed E-state index contributed by atoms with van der Waals surface area (Å²) in [5.41, 5.74) is 2.09. The first-order chi connectivity index (χ1) is 10.6. The van der Waals surface area contributed by atoms with Gasteiger partial charge in [-0.3, -0.25) is 9.69 Å². The molecule has 2 atom stereocenters. The Hall–Kier alpha value is -1.17. The molecule has 1 heterocycles. The van der Waals surface area contributed by atoms with Crippen LogP contribution >= 0.6 is 12.4 Å². The Morgan fingerprint density at radius 1 is 1.39 bits per heavy atom. The molecule has 4 nitrogen and oxygen atoms in total. The third-order valence-electron chi connectivity index (χ3n) is 4.86. The predicted molar refractivity (Wildman–Crippen MR) is 88.9 cm³/mol. The van der Waals surface area contributed by atoms with Crippen molar-refractivity contribution in [1.82, 2.24) is 10.2 Å². The van der Waals surface area contributed by atoms with E-state index < -0.39 is 6.61 Å². The third kappa shape index (κ3) is 4.43. The second-order valence-corrected chi connectivity index (χ2v) is 6.60. The number of benzene rings is 1.